The third kappa shape index (κ3) is 8.80. The summed E-state index contributed by atoms with van der Waals surface area (Å²) in [5.41, 5.74) is 0. The lowest BCUT2D eigenvalue weighted by atomic mass is 10.2. The molecule has 92 valence electrons. The van der Waals surface area contributed by atoms with E-state index in [2.05, 4.69) is 11.1 Å². The first-order valence-corrected chi connectivity index (χ1v) is 6.75. The van der Waals surface area contributed by atoms with E-state index in [0.29, 0.717) is 6.42 Å². The highest BCUT2D eigenvalue weighted by Gasteiger charge is 2.16. The van der Waals surface area contributed by atoms with E-state index in [1.807, 2.05) is 0 Å². The predicted octanol–water partition coefficient (Wildman–Crippen LogP) is 0.266. The Balaban J connectivity index is 3.65. The molecule has 0 aromatic carbocycles. The highest BCUT2D eigenvalue weighted by atomic mass is 32.2. The molecule has 0 saturated heterocycles. The largest absolute Gasteiger partial charge is 0.394 e. The zero-order valence-corrected chi connectivity index (χ0v) is 9.87. The molecule has 0 radical (unpaired) electrons. The number of hydrogen-bond donors (Lipinski definition) is 2. The summed E-state index contributed by atoms with van der Waals surface area (Å²) >= 11 is 0. The van der Waals surface area contributed by atoms with E-state index < -0.39 is 28.6 Å². The number of hydrogen-bond acceptors (Lipinski definition) is 5. The van der Waals surface area contributed by atoms with Crippen molar-refractivity contribution in [2.75, 3.05) is 19.0 Å². The van der Waals surface area contributed by atoms with Crippen molar-refractivity contribution >= 4 is 10.1 Å². The van der Waals surface area contributed by atoms with Crippen molar-refractivity contribution in [3.8, 4) is 0 Å². The van der Waals surface area contributed by atoms with Crippen molar-refractivity contribution < 1.29 is 22.8 Å². The van der Waals surface area contributed by atoms with Crippen molar-refractivity contribution in [1.29, 1.82) is 0 Å². The Hall–Kier alpha value is -0.170. The second-order valence-electron chi connectivity index (χ2n) is 3.44. The van der Waals surface area contributed by atoms with E-state index in [-0.39, 0.29) is 6.61 Å². The molecule has 5 nitrogen and oxygen atoms in total. The maximum atomic E-state index is 11.1. The zero-order chi connectivity index (χ0) is 11.7. The Kier molecular flexibility index (Phi) is 7.95. The molecule has 0 spiro atoms. The maximum absolute atomic E-state index is 11.1. The molecule has 6 heteroatoms. The summed E-state index contributed by atoms with van der Waals surface area (Å²) in [6.07, 6.45) is 2.51. The van der Waals surface area contributed by atoms with Gasteiger partial charge >= 0.3 is 0 Å². The molecule has 15 heavy (non-hydrogen) atoms. The van der Waals surface area contributed by atoms with Gasteiger partial charge in [-0.3, -0.25) is 4.18 Å². The van der Waals surface area contributed by atoms with Crippen LogP contribution in [0.2, 0.25) is 0 Å². The normalized spacial score (nSPS) is 14.1. The average molecular weight is 240 g/mol. The summed E-state index contributed by atoms with van der Waals surface area (Å²) in [5.74, 6) is -0.544. The van der Waals surface area contributed by atoms with E-state index in [1.165, 1.54) is 0 Å². The SMILES string of the molecule is CCCCCCOS(=O)(=O)CC(O)CO. The predicted molar refractivity (Wildman–Crippen MR) is 57.0 cm³/mol. The minimum atomic E-state index is -3.69. The lowest BCUT2D eigenvalue weighted by Gasteiger charge is -2.08. The minimum Gasteiger partial charge on any atom is -0.394 e. The van der Waals surface area contributed by atoms with Crippen LogP contribution in [0.4, 0.5) is 0 Å². The van der Waals surface area contributed by atoms with E-state index in [1.54, 1.807) is 0 Å². The van der Waals surface area contributed by atoms with Crippen molar-refractivity contribution in [3.05, 3.63) is 0 Å². The Morgan fingerprint density at radius 1 is 1.27 bits per heavy atom. The van der Waals surface area contributed by atoms with E-state index in [0.717, 1.165) is 19.3 Å². The van der Waals surface area contributed by atoms with Crippen molar-refractivity contribution in [3.63, 3.8) is 0 Å². The molecule has 0 bridgehead atoms. The van der Waals surface area contributed by atoms with Crippen molar-refractivity contribution in [2.24, 2.45) is 0 Å². The van der Waals surface area contributed by atoms with E-state index in [4.69, 9.17) is 10.2 Å². The fraction of sp³-hybridized carbons (Fsp3) is 1.00. The fourth-order valence-corrected chi connectivity index (χ4v) is 2.10. The lowest BCUT2D eigenvalue weighted by Crippen LogP contribution is -2.25. The summed E-state index contributed by atoms with van der Waals surface area (Å²) in [4.78, 5) is 0. The number of unbranched alkanes of at least 4 members (excludes halogenated alkanes) is 3. The fourth-order valence-electron chi connectivity index (χ4n) is 1.05. The van der Waals surface area contributed by atoms with Crippen LogP contribution in [0.3, 0.4) is 0 Å². The standard InChI is InChI=1S/C9H20O5S/c1-2-3-4-5-6-14-15(12,13)8-9(11)7-10/h9-11H,2-8H2,1H3. The third-order valence-corrected chi connectivity index (χ3v) is 3.19. The van der Waals surface area contributed by atoms with Gasteiger partial charge in [-0.2, -0.15) is 8.42 Å². The molecule has 1 atom stereocenters. The van der Waals surface area contributed by atoms with Gasteiger partial charge in [-0.05, 0) is 6.42 Å². The van der Waals surface area contributed by atoms with Gasteiger partial charge in [0.1, 0.15) is 5.75 Å². The van der Waals surface area contributed by atoms with Crippen LogP contribution < -0.4 is 0 Å². The molecule has 0 aliphatic carbocycles. The number of aliphatic hydroxyl groups is 2. The van der Waals surface area contributed by atoms with Crippen molar-refractivity contribution in [2.45, 2.75) is 38.7 Å². The first-order chi connectivity index (χ1) is 7.02. The average Bonchev–Trinajstić information content (AvgIpc) is 2.16. The lowest BCUT2D eigenvalue weighted by molar-refractivity contribution is 0.109. The Morgan fingerprint density at radius 3 is 2.47 bits per heavy atom. The van der Waals surface area contributed by atoms with Crippen LogP contribution >= 0.6 is 0 Å². The van der Waals surface area contributed by atoms with Gasteiger partial charge in [0.25, 0.3) is 10.1 Å². The molecule has 0 amide bonds. The molecule has 0 aromatic rings. The first kappa shape index (κ1) is 14.8. The van der Waals surface area contributed by atoms with Gasteiger partial charge in [-0.15, -0.1) is 0 Å². The summed E-state index contributed by atoms with van der Waals surface area (Å²) in [5, 5.41) is 17.4. The molecule has 0 aliphatic rings. The summed E-state index contributed by atoms with van der Waals surface area (Å²) in [6.45, 7) is 1.65. The monoisotopic (exact) mass is 240 g/mol. The second kappa shape index (κ2) is 8.04. The van der Waals surface area contributed by atoms with Crippen LogP contribution in [-0.2, 0) is 14.3 Å². The molecule has 0 fully saturated rings. The molecule has 0 heterocycles. The summed E-state index contributed by atoms with van der Waals surface area (Å²) in [7, 11) is -3.69. The summed E-state index contributed by atoms with van der Waals surface area (Å²) < 4.78 is 26.9. The number of aliphatic hydroxyl groups excluding tert-OH is 2. The van der Waals surface area contributed by atoms with Crippen LogP contribution in [0.1, 0.15) is 32.6 Å². The topological polar surface area (TPSA) is 83.8 Å². The smallest absolute Gasteiger partial charge is 0.269 e. The van der Waals surface area contributed by atoms with Crippen LogP contribution in [0, 0.1) is 0 Å². The molecule has 0 aromatic heterocycles. The molecule has 0 saturated carbocycles. The van der Waals surface area contributed by atoms with Gasteiger partial charge in [0, 0.05) is 0 Å². The maximum Gasteiger partial charge on any atom is 0.269 e. The second-order valence-corrected chi connectivity index (χ2v) is 5.13. The van der Waals surface area contributed by atoms with Crippen molar-refractivity contribution in [1.82, 2.24) is 0 Å². The van der Waals surface area contributed by atoms with Gasteiger partial charge < -0.3 is 10.2 Å². The summed E-state index contributed by atoms with van der Waals surface area (Å²) in [6, 6.07) is 0. The highest BCUT2D eigenvalue weighted by Crippen LogP contribution is 2.03. The highest BCUT2D eigenvalue weighted by molar-refractivity contribution is 7.86. The van der Waals surface area contributed by atoms with E-state index in [9.17, 15) is 8.42 Å². The van der Waals surface area contributed by atoms with Gasteiger partial charge in [-0.1, -0.05) is 26.2 Å². The first-order valence-electron chi connectivity index (χ1n) is 5.18. The van der Waals surface area contributed by atoms with Crippen LogP contribution in [0.15, 0.2) is 0 Å². The minimum absolute atomic E-state index is 0.153. The van der Waals surface area contributed by atoms with Crippen LogP contribution in [0.5, 0.6) is 0 Å². The quantitative estimate of drug-likeness (QED) is 0.446. The Bertz CT molecular complexity index is 237. The molecule has 1 unspecified atom stereocenters. The van der Waals surface area contributed by atoms with Gasteiger partial charge in [0.05, 0.1) is 19.3 Å². The molecule has 0 rings (SSSR count). The molecular weight excluding hydrogens is 220 g/mol. The molecule has 2 N–H and O–H groups in total. The van der Waals surface area contributed by atoms with Gasteiger partial charge in [0.2, 0.25) is 0 Å². The molecular formula is C9H20O5S. The van der Waals surface area contributed by atoms with Gasteiger partial charge in [0.15, 0.2) is 0 Å². The Morgan fingerprint density at radius 2 is 1.93 bits per heavy atom. The van der Waals surface area contributed by atoms with Crippen LogP contribution in [0.25, 0.3) is 0 Å². The Labute approximate surface area is 91.2 Å². The van der Waals surface area contributed by atoms with E-state index >= 15 is 0 Å². The molecule has 0 aliphatic heterocycles. The zero-order valence-electron chi connectivity index (χ0n) is 9.05. The van der Waals surface area contributed by atoms with Crippen LogP contribution in [-0.4, -0.2) is 43.7 Å². The van der Waals surface area contributed by atoms with Gasteiger partial charge in [-0.25, -0.2) is 0 Å². The number of rotatable bonds is 9. The third-order valence-electron chi connectivity index (χ3n) is 1.87.